The molecule has 0 saturated heterocycles. The number of anilines is 1. The summed E-state index contributed by atoms with van der Waals surface area (Å²) >= 11 is 5.23. The summed E-state index contributed by atoms with van der Waals surface area (Å²) in [7, 11) is 3.08. The molecule has 1 atom stereocenters. The molecule has 0 radical (unpaired) electrons. The lowest BCUT2D eigenvalue weighted by Crippen LogP contribution is -2.50. The number of carbonyl (C=O) groups is 1. The minimum atomic E-state index is -0.670. The Morgan fingerprint density at radius 1 is 1.56 bits per heavy atom. The zero-order valence-electron chi connectivity index (χ0n) is 10.2. The predicted molar refractivity (Wildman–Crippen MR) is 71.9 cm³/mol. The van der Waals surface area contributed by atoms with Gasteiger partial charge >= 0.3 is 5.97 Å². The van der Waals surface area contributed by atoms with Gasteiger partial charge in [0, 0.05) is 7.05 Å². The van der Waals surface area contributed by atoms with Gasteiger partial charge in [-0.15, -0.1) is 0 Å². The molecule has 5 nitrogen and oxygen atoms in total. The molecule has 0 unspecified atom stereocenters. The van der Waals surface area contributed by atoms with Crippen LogP contribution in [0.1, 0.15) is 0 Å². The summed E-state index contributed by atoms with van der Waals surface area (Å²) in [4.78, 5) is 13.4. The molecule has 1 aliphatic heterocycles. The number of carbonyl (C=O) groups excluding carboxylic acids is 1. The van der Waals surface area contributed by atoms with E-state index in [4.69, 9.17) is 21.7 Å². The van der Waals surface area contributed by atoms with Crippen LogP contribution in [-0.4, -0.2) is 37.9 Å². The van der Waals surface area contributed by atoms with Crippen molar-refractivity contribution in [2.45, 2.75) is 6.10 Å². The van der Waals surface area contributed by atoms with Gasteiger partial charge in [-0.1, -0.05) is 12.1 Å². The van der Waals surface area contributed by atoms with Crippen molar-refractivity contribution >= 4 is 29.0 Å². The number of para-hydroxylation sites is 2. The van der Waals surface area contributed by atoms with Crippen molar-refractivity contribution < 1.29 is 14.3 Å². The Morgan fingerprint density at radius 3 is 2.94 bits per heavy atom. The van der Waals surface area contributed by atoms with E-state index in [2.05, 4.69) is 5.32 Å². The number of nitrogens with one attached hydrogen (secondary N) is 1. The van der Waals surface area contributed by atoms with E-state index in [1.807, 2.05) is 23.1 Å². The quantitative estimate of drug-likeness (QED) is 0.603. The van der Waals surface area contributed by atoms with Gasteiger partial charge in [-0.3, -0.25) is 0 Å². The van der Waals surface area contributed by atoms with Crippen LogP contribution >= 0.6 is 12.2 Å². The smallest absolute Gasteiger partial charge is 0.348 e. The number of nitrogens with zero attached hydrogens (tertiary/aromatic N) is 1. The minimum Gasteiger partial charge on any atom is -0.475 e. The highest BCUT2D eigenvalue weighted by Crippen LogP contribution is 2.33. The van der Waals surface area contributed by atoms with Crippen molar-refractivity contribution in [1.82, 2.24) is 5.32 Å². The standard InChI is InChI=1S/C12H14N2O3S/c1-13-12(18)14-7-10(11(15)16-2)17-9-6-4-3-5-8(9)14/h3-6,10H,7H2,1-2H3,(H,13,18)/t10-/m1/s1. The van der Waals surface area contributed by atoms with Crippen LogP contribution in [0.15, 0.2) is 24.3 Å². The molecule has 1 aromatic rings. The Bertz CT molecular complexity index is 478. The zero-order chi connectivity index (χ0) is 13.1. The van der Waals surface area contributed by atoms with Gasteiger partial charge in [0.2, 0.25) is 6.10 Å². The highest BCUT2D eigenvalue weighted by Gasteiger charge is 2.32. The van der Waals surface area contributed by atoms with Crippen LogP contribution in [0.25, 0.3) is 0 Å². The molecule has 0 amide bonds. The van der Waals surface area contributed by atoms with Crippen molar-refractivity contribution in [3.05, 3.63) is 24.3 Å². The molecule has 1 heterocycles. The number of ether oxygens (including phenoxy) is 2. The summed E-state index contributed by atoms with van der Waals surface area (Å²) in [6.07, 6.45) is -0.670. The number of hydrogen-bond acceptors (Lipinski definition) is 4. The molecule has 2 rings (SSSR count). The van der Waals surface area contributed by atoms with E-state index in [9.17, 15) is 4.79 Å². The van der Waals surface area contributed by atoms with Crippen molar-refractivity contribution in [2.75, 3.05) is 25.6 Å². The molecular weight excluding hydrogens is 252 g/mol. The largest absolute Gasteiger partial charge is 0.475 e. The van der Waals surface area contributed by atoms with Gasteiger partial charge in [-0.05, 0) is 24.4 Å². The van der Waals surface area contributed by atoms with E-state index in [0.29, 0.717) is 17.4 Å². The molecule has 0 saturated carbocycles. The number of hydrogen-bond donors (Lipinski definition) is 1. The highest BCUT2D eigenvalue weighted by molar-refractivity contribution is 7.80. The third-order valence-electron chi connectivity index (χ3n) is 2.70. The Kier molecular flexibility index (Phi) is 3.66. The van der Waals surface area contributed by atoms with Gasteiger partial charge in [0.15, 0.2) is 5.11 Å². The van der Waals surface area contributed by atoms with Crippen LogP contribution in [-0.2, 0) is 9.53 Å². The lowest BCUT2D eigenvalue weighted by Gasteiger charge is -2.34. The fourth-order valence-corrected chi connectivity index (χ4v) is 1.99. The van der Waals surface area contributed by atoms with Crippen LogP contribution in [0, 0.1) is 0 Å². The Labute approximate surface area is 111 Å². The monoisotopic (exact) mass is 266 g/mol. The second-order valence-corrected chi connectivity index (χ2v) is 4.15. The first-order valence-electron chi connectivity index (χ1n) is 5.50. The van der Waals surface area contributed by atoms with E-state index in [1.165, 1.54) is 7.11 Å². The second kappa shape index (κ2) is 5.22. The lowest BCUT2D eigenvalue weighted by molar-refractivity contribution is -0.148. The normalized spacial score (nSPS) is 17.4. The Balaban J connectivity index is 2.35. The molecule has 6 heteroatoms. The molecule has 0 fully saturated rings. The topological polar surface area (TPSA) is 50.8 Å². The summed E-state index contributed by atoms with van der Waals surface area (Å²) in [5.41, 5.74) is 0.844. The molecule has 96 valence electrons. The average Bonchev–Trinajstić information content (AvgIpc) is 2.44. The number of rotatable bonds is 1. The van der Waals surface area contributed by atoms with Crippen LogP contribution in [0.3, 0.4) is 0 Å². The molecular formula is C12H14N2O3S. The molecule has 1 aliphatic rings. The number of esters is 1. The summed E-state index contributed by atoms with van der Waals surface area (Å²) < 4.78 is 10.3. The molecule has 0 aromatic heterocycles. The molecule has 0 aliphatic carbocycles. The second-order valence-electron chi connectivity index (χ2n) is 3.76. The van der Waals surface area contributed by atoms with Gasteiger partial charge < -0.3 is 19.7 Å². The summed E-state index contributed by atoms with van der Waals surface area (Å²) in [6.45, 7) is 0.337. The highest BCUT2D eigenvalue weighted by atomic mass is 32.1. The first-order valence-corrected chi connectivity index (χ1v) is 5.91. The third-order valence-corrected chi connectivity index (χ3v) is 3.12. The van der Waals surface area contributed by atoms with Gasteiger partial charge in [0.25, 0.3) is 0 Å². The molecule has 1 aromatic carbocycles. The number of thiocarbonyl (C=S) groups is 1. The van der Waals surface area contributed by atoms with Crippen LogP contribution in [0.4, 0.5) is 5.69 Å². The first kappa shape index (κ1) is 12.6. The maximum absolute atomic E-state index is 11.6. The van der Waals surface area contributed by atoms with Gasteiger partial charge in [-0.2, -0.15) is 0 Å². The van der Waals surface area contributed by atoms with Crippen molar-refractivity contribution in [1.29, 1.82) is 0 Å². The fraction of sp³-hybridized carbons (Fsp3) is 0.333. The molecule has 18 heavy (non-hydrogen) atoms. The zero-order valence-corrected chi connectivity index (χ0v) is 11.0. The lowest BCUT2D eigenvalue weighted by atomic mass is 10.2. The van der Waals surface area contributed by atoms with E-state index in [-0.39, 0.29) is 0 Å². The summed E-state index contributed by atoms with van der Waals surface area (Å²) in [5, 5.41) is 3.44. The van der Waals surface area contributed by atoms with E-state index < -0.39 is 12.1 Å². The molecule has 0 spiro atoms. The molecule has 1 N–H and O–H groups in total. The Hall–Kier alpha value is -1.82. The van der Waals surface area contributed by atoms with Crippen LogP contribution in [0.5, 0.6) is 5.75 Å². The minimum absolute atomic E-state index is 0.337. The maximum Gasteiger partial charge on any atom is 0.348 e. The van der Waals surface area contributed by atoms with Gasteiger partial charge in [0.05, 0.1) is 19.3 Å². The SMILES string of the molecule is CNC(=S)N1C[C@H](C(=O)OC)Oc2ccccc21. The number of fused-ring (bicyclic) bond motifs is 1. The maximum atomic E-state index is 11.6. The number of benzene rings is 1. The van der Waals surface area contributed by atoms with Crippen LogP contribution < -0.4 is 15.0 Å². The fourth-order valence-electron chi connectivity index (χ4n) is 1.82. The van der Waals surface area contributed by atoms with E-state index >= 15 is 0 Å². The Morgan fingerprint density at radius 2 is 2.28 bits per heavy atom. The molecule has 0 bridgehead atoms. The van der Waals surface area contributed by atoms with Crippen molar-refractivity contribution in [3.8, 4) is 5.75 Å². The average molecular weight is 266 g/mol. The number of methoxy groups -OCH3 is 1. The summed E-state index contributed by atoms with van der Waals surface area (Å²) in [5.74, 6) is 0.213. The van der Waals surface area contributed by atoms with Gasteiger partial charge in [0.1, 0.15) is 5.75 Å². The first-order chi connectivity index (χ1) is 8.67. The van der Waals surface area contributed by atoms with E-state index in [0.717, 1.165) is 5.69 Å². The van der Waals surface area contributed by atoms with Crippen molar-refractivity contribution in [3.63, 3.8) is 0 Å². The van der Waals surface area contributed by atoms with Crippen LogP contribution in [0.2, 0.25) is 0 Å². The van der Waals surface area contributed by atoms with E-state index in [1.54, 1.807) is 13.1 Å². The summed E-state index contributed by atoms with van der Waals surface area (Å²) in [6, 6.07) is 7.44. The predicted octanol–water partition coefficient (Wildman–Crippen LogP) is 0.931. The van der Waals surface area contributed by atoms with Crippen molar-refractivity contribution in [2.24, 2.45) is 0 Å². The third kappa shape index (κ3) is 2.24. The van der Waals surface area contributed by atoms with Gasteiger partial charge in [-0.25, -0.2) is 4.79 Å².